The number of hydrogen-bond donors (Lipinski definition) is 1. The number of thiazole rings is 1. The SMILES string of the molecule is CC(C)(O)CN1CCCCC1c1nc2ccccc2s1. The van der Waals surface area contributed by atoms with E-state index >= 15 is 0 Å². The maximum Gasteiger partial charge on any atom is 0.111 e. The highest BCUT2D eigenvalue weighted by Crippen LogP contribution is 2.36. The fourth-order valence-electron chi connectivity index (χ4n) is 2.99. The van der Waals surface area contributed by atoms with E-state index in [0.29, 0.717) is 12.6 Å². The molecule has 1 atom stereocenters. The summed E-state index contributed by atoms with van der Waals surface area (Å²) in [5.41, 5.74) is 0.452. The number of fused-ring (bicyclic) bond motifs is 1. The van der Waals surface area contributed by atoms with Gasteiger partial charge in [0.15, 0.2) is 0 Å². The topological polar surface area (TPSA) is 36.4 Å². The summed E-state index contributed by atoms with van der Waals surface area (Å²) in [4.78, 5) is 7.22. The predicted molar refractivity (Wildman–Crippen MR) is 84.1 cm³/mol. The molecule has 1 aliphatic heterocycles. The molecule has 0 spiro atoms. The van der Waals surface area contributed by atoms with E-state index in [1.165, 1.54) is 22.5 Å². The molecule has 0 bridgehead atoms. The van der Waals surface area contributed by atoms with Gasteiger partial charge in [0, 0.05) is 6.54 Å². The van der Waals surface area contributed by atoms with Crippen LogP contribution in [0.2, 0.25) is 0 Å². The highest BCUT2D eigenvalue weighted by atomic mass is 32.1. The molecule has 2 heterocycles. The number of hydrogen-bond acceptors (Lipinski definition) is 4. The van der Waals surface area contributed by atoms with Crippen molar-refractivity contribution in [2.45, 2.75) is 44.8 Å². The number of rotatable bonds is 3. The average Bonchev–Trinajstić information content (AvgIpc) is 2.81. The second-order valence-electron chi connectivity index (χ2n) is 6.31. The smallest absolute Gasteiger partial charge is 0.111 e. The Morgan fingerprint density at radius 1 is 1.35 bits per heavy atom. The molecule has 20 heavy (non-hydrogen) atoms. The largest absolute Gasteiger partial charge is 0.389 e. The summed E-state index contributed by atoms with van der Waals surface area (Å²) in [5, 5.41) is 11.3. The van der Waals surface area contributed by atoms with Gasteiger partial charge in [-0.05, 0) is 45.4 Å². The van der Waals surface area contributed by atoms with E-state index in [2.05, 4.69) is 23.1 Å². The van der Waals surface area contributed by atoms with Gasteiger partial charge in [-0.3, -0.25) is 4.90 Å². The molecule has 1 aliphatic rings. The van der Waals surface area contributed by atoms with Gasteiger partial charge in [-0.1, -0.05) is 18.6 Å². The minimum atomic E-state index is -0.647. The van der Waals surface area contributed by atoms with Crippen molar-refractivity contribution in [3.05, 3.63) is 29.3 Å². The van der Waals surface area contributed by atoms with Crippen molar-refractivity contribution in [3.63, 3.8) is 0 Å². The lowest BCUT2D eigenvalue weighted by atomic mass is 9.99. The zero-order chi connectivity index (χ0) is 14.2. The summed E-state index contributed by atoms with van der Waals surface area (Å²) < 4.78 is 1.26. The lowest BCUT2D eigenvalue weighted by molar-refractivity contribution is 0.00941. The summed E-state index contributed by atoms with van der Waals surface area (Å²) in [5.74, 6) is 0. The zero-order valence-corrected chi connectivity index (χ0v) is 13.0. The van der Waals surface area contributed by atoms with Crippen LogP contribution in [-0.2, 0) is 0 Å². The third-order valence-corrected chi connectivity index (χ3v) is 4.94. The number of β-amino-alcohol motifs (C(OH)–C–C–N with tert-alkyl or cyclic N) is 1. The van der Waals surface area contributed by atoms with Gasteiger partial charge < -0.3 is 5.11 Å². The van der Waals surface area contributed by atoms with Crippen LogP contribution in [-0.4, -0.2) is 33.7 Å². The minimum Gasteiger partial charge on any atom is -0.389 e. The van der Waals surface area contributed by atoms with Crippen molar-refractivity contribution in [2.24, 2.45) is 0 Å². The van der Waals surface area contributed by atoms with Gasteiger partial charge in [0.25, 0.3) is 0 Å². The van der Waals surface area contributed by atoms with E-state index in [4.69, 9.17) is 4.98 Å². The Morgan fingerprint density at radius 2 is 2.15 bits per heavy atom. The van der Waals surface area contributed by atoms with Crippen LogP contribution >= 0.6 is 11.3 Å². The molecule has 3 nitrogen and oxygen atoms in total. The summed E-state index contributed by atoms with van der Waals surface area (Å²) in [7, 11) is 0. The fraction of sp³-hybridized carbons (Fsp3) is 0.562. The molecule has 1 N–H and O–H groups in total. The first kappa shape index (κ1) is 14.0. The van der Waals surface area contributed by atoms with Crippen molar-refractivity contribution >= 4 is 21.6 Å². The van der Waals surface area contributed by atoms with Crippen LogP contribution in [0.3, 0.4) is 0 Å². The molecular weight excluding hydrogens is 268 g/mol. The number of aliphatic hydroxyl groups is 1. The second kappa shape index (κ2) is 5.43. The van der Waals surface area contributed by atoms with Gasteiger partial charge in [0.2, 0.25) is 0 Å². The third-order valence-electron chi connectivity index (χ3n) is 3.80. The number of nitrogens with zero attached hydrogens (tertiary/aromatic N) is 2. The van der Waals surface area contributed by atoms with Crippen molar-refractivity contribution in [1.29, 1.82) is 0 Å². The minimum absolute atomic E-state index is 0.368. The highest BCUT2D eigenvalue weighted by molar-refractivity contribution is 7.18. The first-order valence-electron chi connectivity index (χ1n) is 7.35. The van der Waals surface area contributed by atoms with E-state index in [1.807, 2.05) is 19.9 Å². The van der Waals surface area contributed by atoms with E-state index in [1.54, 1.807) is 11.3 Å². The number of likely N-dealkylation sites (tertiary alicyclic amines) is 1. The van der Waals surface area contributed by atoms with E-state index in [9.17, 15) is 5.11 Å². The van der Waals surface area contributed by atoms with Gasteiger partial charge >= 0.3 is 0 Å². The van der Waals surface area contributed by atoms with E-state index < -0.39 is 5.60 Å². The molecule has 1 unspecified atom stereocenters. The van der Waals surface area contributed by atoms with Gasteiger partial charge in [-0.2, -0.15) is 0 Å². The monoisotopic (exact) mass is 290 g/mol. The average molecular weight is 290 g/mol. The third kappa shape index (κ3) is 3.03. The van der Waals surface area contributed by atoms with Crippen LogP contribution in [0, 0.1) is 0 Å². The lowest BCUT2D eigenvalue weighted by Crippen LogP contribution is -2.43. The summed E-state index contributed by atoms with van der Waals surface area (Å²) >= 11 is 1.80. The first-order chi connectivity index (χ1) is 9.53. The molecule has 0 amide bonds. The van der Waals surface area contributed by atoms with Crippen LogP contribution in [0.15, 0.2) is 24.3 Å². The van der Waals surface area contributed by atoms with Gasteiger partial charge in [-0.15, -0.1) is 11.3 Å². The maximum atomic E-state index is 10.1. The number of para-hydroxylation sites is 1. The van der Waals surface area contributed by atoms with Crippen LogP contribution in [0.5, 0.6) is 0 Å². The van der Waals surface area contributed by atoms with Gasteiger partial charge in [0.05, 0.1) is 21.9 Å². The Kier molecular flexibility index (Phi) is 3.80. The molecular formula is C16H22N2OS. The van der Waals surface area contributed by atoms with E-state index in [0.717, 1.165) is 18.5 Å². The molecule has 0 aliphatic carbocycles. The molecule has 1 aromatic heterocycles. The second-order valence-corrected chi connectivity index (χ2v) is 7.38. The number of benzene rings is 1. The molecule has 1 saturated heterocycles. The molecule has 0 radical (unpaired) electrons. The molecule has 108 valence electrons. The molecule has 3 rings (SSSR count). The van der Waals surface area contributed by atoms with Crippen LogP contribution < -0.4 is 0 Å². The fourth-order valence-corrected chi connectivity index (χ4v) is 4.13. The molecule has 0 saturated carbocycles. The summed E-state index contributed by atoms with van der Waals surface area (Å²) in [6, 6.07) is 8.70. The summed E-state index contributed by atoms with van der Waals surface area (Å²) in [6.45, 7) is 5.55. The normalized spacial score (nSPS) is 21.4. The maximum absolute atomic E-state index is 10.1. The quantitative estimate of drug-likeness (QED) is 0.938. The number of piperidine rings is 1. The van der Waals surface area contributed by atoms with Crippen molar-refractivity contribution in [2.75, 3.05) is 13.1 Å². The highest BCUT2D eigenvalue weighted by Gasteiger charge is 2.30. The Hall–Kier alpha value is -0.970. The first-order valence-corrected chi connectivity index (χ1v) is 8.16. The van der Waals surface area contributed by atoms with Crippen LogP contribution in [0.25, 0.3) is 10.2 Å². The van der Waals surface area contributed by atoms with Crippen LogP contribution in [0.1, 0.15) is 44.2 Å². The van der Waals surface area contributed by atoms with Gasteiger partial charge in [-0.25, -0.2) is 4.98 Å². The van der Waals surface area contributed by atoms with Crippen molar-refractivity contribution < 1.29 is 5.11 Å². The van der Waals surface area contributed by atoms with E-state index in [-0.39, 0.29) is 0 Å². The standard InChI is InChI=1S/C16H22N2OS/c1-16(2,19)11-18-10-6-5-8-13(18)15-17-12-7-3-4-9-14(12)20-15/h3-4,7,9,13,19H,5-6,8,10-11H2,1-2H3. The molecule has 2 aromatic rings. The van der Waals surface area contributed by atoms with Crippen molar-refractivity contribution in [1.82, 2.24) is 9.88 Å². The molecule has 4 heteroatoms. The van der Waals surface area contributed by atoms with Crippen molar-refractivity contribution in [3.8, 4) is 0 Å². The van der Waals surface area contributed by atoms with Gasteiger partial charge in [0.1, 0.15) is 5.01 Å². The zero-order valence-electron chi connectivity index (χ0n) is 12.2. The Labute approximate surface area is 124 Å². The summed E-state index contributed by atoms with van der Waals surface area (Å²) in [6.07, 6.45) is 3.62. The number of aromatic nitrogens is 1. The Bertz CT molecular complexity index is 554. The Balaban J connectivity index is 1.88. The lowest BCUT2D eigenvalue weighted by Gasteiger charge is -2.37. The predicted octanol–water partition coefficient (Wildman–Crippen LogP) is 3.59. The molecule has 1 fully saturated rings. The molecule has 1 aromatic carbocycles. The van der Waals surface area contributed by atoms with Crippen LogP contribution in [0.4, 0.5) is 0 Å². The Morgan fingerprint density at radius 3 is 2.90 bits per heavy atom.